The number of nitrogens with one attached hydrogen (secondary N) is 1. The fourth-order valence-electron chi connectivity index (χ4n) is 2.84. The Morgan fingerprint density at radius 1 is 1.20 bits per heavy atom. The lowest BCUT2D eigenvalue weighted by Gasteiger charge is -2.36. The van der Waals surface area contributed by atoms with Crippen LogP contribution in [0.15, 0.2) is 24.3 Å². The predicted octanol–water partition coefficient (Wildman–Crippen LogP) is 4.35. The van der Waals surface area contributed by atoms with Crippen molar-refractivity contribution >= 4 is 0 Å². The molecule has 0 aliphatic carbocycles. The molecule has 0 saturated heterocycles. The van der Waals surface area contributed by atoms with Crippen LogP contribution in [0, 0.1) is 5.41 Å². The van der Waals surface area contributed by atoms with Crippen LogP contribution in [0.3, 0.4) is 0 Å². The Labute approximate surface area is 124 Å². The lowest BCUT2D eigenvalue weighted by molar-refractivity contribution is -0.0116. The SMILES string of the molecule is CCCc1cccc(C(NCC)C(OC)C(C)(C)C)c1. The summed E-state index contributed by atoms with van der Waals surface area (Å²) in [6.07, 6.45) is 2.47. The van der Waals surface area contributed by atoms with E-state index in [9.17, 15) is 0 Å². The highest BCUT2D eigenvalue weighted by Crippen LogP contribution is 2.32. The predicted molar refractivity (Wildman–Crippen MR) is 87.1 cm³/mol. The molecule has 0 aromatic heterocycles. The molecule has 0 spiro atoms. The molecule has 2 nitrogen and oxygen atoms in total. The number of aryl methyl sites for hydroxylation is 1. The topological polar surface area (TPSA) is 21.3 Å². The summed E-state index contributed by atoms with van der Waals surface area (Å²) in [4.78, 5) is 0. The van der Waals surface area contributed by atoms with Gasteiger partial charge in [0.05, 0.1) is 12.1 Å². The monoisotopic (exact) mass is 277 g/mol. The van der Waals surface area contributed by atoms with Crippen molar-refractivity contribution in [3.63, 3.8) is 0 Å². The number of rotatable bonds is 7. The van der Waals surface area contributed by atoms with E-state index in [0.29, 0.717) is 0 Å². The smallest absolute Gasteiger partial charge is 0.0814 e. The van der Waals surface area contributed by atoms with Crippen LogP contribution in [-0.2, 0) is 11.2 Å². The van der Waals surface area contributed by atoms with Crippen molar-refractivity contribution in [2.24, 2.45) is 5.41 Å². The highest BCUT2D eigenvalue weighted by molar-refractivity contribution is 5.27. The van der Waals surface area contributed by atoms with Crippen molar-refractivity contribution in [2.45, 2.75) is 59.6 Å². The van der Waals surface area contributed by atoms with Gasteiger partial charge < -0.3 is 10.1 Å². The molecule has 0 bridgehead atoms. The second kappa shape index (κ2) is 7.80. The van der Waals surface area contributed by atoms with Crippen molar-refractivity contribution < 1.29 is 4.74 Å². The fourth-order valence-corrected chi connectivity index (χ4v) is 2.84. The zero-order chi connectivity index (χ0) is 15.2. The summed E-state index contributed by atoms with van der Waals surface area (Å²) in [5, 5.41) is 3.60. The molecule has 114 valence electrons. The first-order valence-electron chi connectivity index (χ1n) is 7.79. The van der Waals surface area contributed by atoms with Gasteiger partial charge in [-0.2, -0.15) is 0 Å². The Bertz CT molecular complexity index is 395. The van der Waals surface area contributed by atoms with Gasteiger partial charge in [0.25, 0.3) is 0 Å². The molecule has 0 heterocycles. The number of ether oxygens (including phenoxy) is 1. The summed E-state index contributed by atoms with van der Waals surface area (Å²) in [5.41, 5.74) is 2.85. The van der Waals surface area contributed by atoms with Gasteiger partial charge in [0, 0.05) is 7.11 Å². The fraction of sp³-hybridized carbons (Fsp3) is 0.667. The lowest BCUT2D eigenvalue weighted by atomic mass is 9.81. The molecule has 1 N–H and O–H groups in total. The maximum Gasteiger partial charge on any atom is 0.0814 e. The first-order valence-corrected chi connectivity index (χ1v) is 7.79. The number of hydrogen-bond acceptors (Lipinski definition) is 2. The summed E-state index contributed by atoms with van der Waals surface area (Å²) in [7, 11) is 1.82. The minimum Gasteiger partial charge on any atom is -0.379 e. The summed E-state index contributed by atoms with van der Waals surface area (Å²) in [5.74, 6) is 0. The number of methoxy groups -OCH3 is 1. The van der Waals surface area contributed by atoms with E-state index >= 15 is 0 Å². The first-order chi connectivity index (χ1) is 9.43. The highest BCUT2D eigenvalue weighted by atomic mass is 16.5. The molecule has 1 rings (SSSR count). The van der Waals surface area contributed by atoms with Crippen LogP contribution in [0.4, 0.5) is 0 Å². The molecule has 20 heavy (non-hydrogen) atoms. The molecule has 0 saturated carbocycles. The minimum absolute atomic E-state index is 0.0996. The Balaban J connectivity index is 3.08. The van der Waals surface area contributed by atoms with Gasteiger partial charge in [0.2, 0.25) is 0 Å². The van der Waals surface area contributed by atoms with Gasteiger partial charge in [-0.3, -0.25) is 0 Å². The Hall–Kier alpha value is -0.860. The van der Waals surface area contributed by atoms with Crippen molar-refractivity contribution in [3.8, 4) is 0 Å². The van der Waals surface area contributed by atoms with Crippen molar-refractivity contribution in [1.29, 1.82) is 0 Å². The normalized spacial score (nSPS) is 15.1. The van der Waals surface area contributed by atoms with Gasteiger partial charge in [-0.1, -0.05) is 65.3 Å². The van der Waals surface area contributed by atoms with Crippen LogP contribution in [0.1, 0.15) is 58.2 Å². The van der Waals surface area contributed by atoms with E-state index in [2.05, 4.69) is 64.2 Å². The van der Waals surface area contributed by atoms with Crippen LogP contribution in [0.25, 0.3) is 0 Å². The average molecular weight is 277 g/mol. The van der Waals surface area contributed by atoms with Crippen LogP contribution < -0.4 is 5.32 Å². The Morgan fingerprint density at radius 2 is 1.90 bits per heavy atom. The molecule has 1 aromatic carbocycles. The van der Waals surface area contributed by atoms with Crippen LogP contribution in [-0.4, -0.2) is 19.8 Å². The lowest BCUT2D eigenvalue weighted by Crippen LogP contribution is -2.41. The molecule has 2 heteroatoms. The largest absolute Gasteiger partial charge is 0.379 e. The van der Waals surface area contributed by atoms with Crippen molar-refractivity contribution in [1.82, 2.24) is 5.32 Å². The van der Waals surface area contributed by atoms with Gasteiger partial charge in [-0.05, 0) is 29.5 Å². The van der Waals surface area contributed by atoms with E-state index in [1.165, 1.54) is 17.5 Å². The van der Waals surface area contributed by atoms with Crippen molar-refractivity contribution in [2.75, 3.05) is 13.7 Å². The first kappa shape index (κ1) is 17.2. The summed E-state index contributed by atoms with van der Waals surface area (Å²) in [6, 6.07) is 9.16. The van der Waals surface area contributed by atoms with Gasteiger partial charge >= 0.3 is 0 Å². The van der Waals surface area contributed by atoms with Crippen molar-refractivity contribution in [3.05, 3.63) is 35.4 Å². The summed E-state index contributed by atoms with van der Waals surface area (Å²) >= 11 is 0. The standard InChI is InChI=1S/C18H31NO/c1-7-10-14-11-9-12-15(13-14)16(19-8-2)17(20-6)18(3,4)5/h9,11-13,16-17,19H,7-8,10H2,1-6H3. The van der Waals surface area contributed by atoms with E-state index in [0.717, 1.165) is 13.0 Å². The molecule has 1 aromatic rings. The third-order valence-electron chi connectivity index (χ3n) is 3.68. The van der Waals surface area contributed by atoms with E-state index in [-0.39, 0.29) is 17.6 Å². The summed E-state index contributed by atoms with van der Waals surface area (Å²) < 4.78 is 5.82. The van der Waals surface area contributed by atoms with Gasteiger partial charge in [-0.15, -0.1) is 0 Å². The second-order valence-electron chi connectivity index (χ2n) is 6.55. The zero-order valence-corrected chi connectivity index (χ0v) is 14.0. The summed E-state index contributed by atoms with van der Waals surface area (Å²) in [6.45, 7) is 12.0. The van der Waals surface area contributed by atoms with Gasteiger partial charge in [0.15, 0.2) is 0 Å². The maximum atomic E-state index is 5.82. The zero-order valence-electron chi connectivity index (χ0n) is 14.0. The molecule has 0 radical (unpaired) electrons. The quantitative estimate of drug-likeness (QED) is 0.800. The second-order valence-corrected chi connectivity index (χ2v) is 6.55. The molecule has 0 fully saturated rings. The number of likely N-dealkylation sites (N-methyl/N-ethyl adjacent to an activating group) is 1. The van der Waals surface area contributed by atoms with Crippen LogP contribution in [0.2, 0.25) is 0 Å². The molecule has 2 atom stereocenters. The van der Waals surface area contributed by atoms with Crippen LogP contribution in [0.5, 0.6) is 0 Å². The number of benzene rings is 1. The van der Waals surface area contributed by atoms with E-state index in [4.69, 9.17) is 4.74 Å². The molecular weight excluding hydrogens is 246 g/mol. The third kappa shape index (κ3) is 4.60. The third-order valence-corrected chi connectivity index (χ3v) is 3.68. The molecule has 0 amide bonds. The Kier molecular flexibility index (Phi) is 6.70. The molecular formula is C18H31NO. The van der Waals surface area contributed by atoms with Gasteiger partial charge in [0.1, 0.15) is 0 Å². The van der Waals surface area contributed by atoms with Gasteiger partial charge in [-0.25, -0.2) is 0 Å². The molecule has 2 unspecified atom stereocenters. The maximum absolute atomic E-state index is 5.82. The van der Waals surface area contributed by atoms with E-state index in [1.54, 1.807) is 0 Å². The molecule has 0 aliphatic rings. The Morgan fingerprint density at radius 3 is 2.40 bits per heavy atom. The van der Waals surface area contributed by atoms with Crippen LogP contribution >= 0.6 is 0 Å². The number of hydrogen-bond donors (Lipinski definition) is 1. The van der Waals surface area contributed by atoms with E-state index < -0.39 is 0 Å². The minimum atomic E-state index is 0.0996. The average Bonchev–Trinajstić information content (AvgIpc) is 2.38. The van der Waals surface area contributed by atoms with E-state index in [1.807, 2.05) is 7.11 Å². The highest BCUT2D eigenvalue weighted by Gasteiger charge is 2.32. The molecule has 0 aliphatic heterocycles.